The summed E-state index contributed by atoms with van der Waals surface area (Å²) in [6, 6.07) is 10.8. The van der Waals surface area contributed by atoms with E-state index in [1.54, 1.807) is 36.0 Å². The van der Waals surface area contributed by atoms with Crippen LogP contribution in [0.5, 0.6) is 5.88 Å². The van der Waals surface area contributed by atoms with Crippen LogP contribution in [0, 0.1) is 0 Å². The maximum atomic E-state index is 12.5. The molecule has 0 amide bonds. The van der Waals surface area contributed by atoms with Gasteiger partial charge in [0.2, 0.25) is 5.88 Å². The summed E-state index contributed by atoms with van der Waals surface area (Å²) in [5.74, 6) is -0.121. The minimum atomic E-state index is -0.0629. The molecule has 0 fully saturated rings. The smallest absolute Gasteiger partial charge is 0.236 e. The summed E-state index contributed by atoms with van der Waals surface area (Å²) in [5.41, 5.74) is 1.77. The highest BCUT2D eigenvalue weighted by atomic mass is 16.3. The number of aromatic nitrogens is 2. The van der Waals surface area contributed by atoms with E-state index in [-0.39, 0.29) is 11.7 Å². The van der Waals surface area contributed by atoms with Crippen LogP contribution in [0.4, 0.5) is 0 Å². The molecule has 2 aromatic heterocycles. The molecule has 0 saturated heterocycles. The molecule has 0 spiro atoms. The Morgan fingerprint density at radius 1 is 1.21 bits per heavy atom. The number of hydrogen-bond acceptors (Lipinski definition) is 3. The van der Waals surface area contributed by atoms with Gasteiger partial charge in [0.25, 0.3) is 0 Å². The van der Waals surface area contributed by atoms with E-state index in [0.717, 1.165) is 0 Å². The van der Waals surface area contributed by atoms with E-state index in [1.165, 1.54) is 6.20 Å². The Bertz CT molecular complexity index is 760. The second-order valence-electron chi connectivity index (χ2n) is 4.38. The van der Waals surface area contributed by atoms with E-state index in [2.05, 4.69) is 4.98 Å². The highest BCUT2D eigenvalue weighted by Crippen LogP contribution is 2.27. The first-order valence-electron chi connectivity index (χ1n) is 5.91. The summed E-state index contributed by atoms with van der Waals surface area (Å²) in [5, 5.41) is 10.5. The average molecular weight is 252 g/mol. The standard InChI is InChI=1S/C15H12N2O2/c1-17-9-12(11-7-8-16-15(19)13(11)17)14(18)10-5-3-2-4-6-10/h2-9H,1H3,(H,16,19). The number of hydrogen-bond donors (Lipinski definition) is 1. The molecule has 1 aromatic carbocycles. The fourth-order valence-electron chi connectivity index (χ4n) is 2.26. The molecule has 4 heteroatoms. The number of fused-ring (bicyclic) bond motifs is 1. The molecule has 3 rings (SSSR count). The highest BCUT2D eigenvalue weighted by molar-refractivity contribution is 6.16. The Kier molecular flexibility index (Phi) is 2.56. The van der Waals surface area contributed by atoms with Crippen LogP contribution in [0.15, 0.2) is 48.8 Å². The molecule has 19 heavy (non-hydrogen) atoms. The number of rotatable bonds is 2. The van der Waals surface area contributed by atoms with Crippen LogP contribution in [-0.4, -0.2) is 20.4 Å². The second-order valence-corrected chi connectivity index (χ2v) is 4.38. The molecular formula is C15H12N2O2. The first-order chi connectivity index (χ1) is 9.18. The Balaban J connectivity index is 2.22. The van der Waals surface area contributed by atoms with Crippen molar-refractivity contribution in [3.05, 3.63) is 59.9 Å². The van der Waals surface area contributed by atoms with Crippen molar-refractivity contribution in [2.75, 3.05) is 0 Å². The topological polar surface area (TPSA) is 55.1 Å². The Hall–Kier alpha value is -2.62. The van der Waals surface area contributed by atoms with Crippen LogP contribution in [0.25, 0.3) is 10.9 Å². The number of benzene rings is 1. The maximum absolute atomic E-state index is 12.5. The van der Waals surface area contributed by atoms with Crippen LogP contribution in [-0.2, 0) is 7.05 Å². The normalized spacial score (nSPS) is 10.8. The van der Waals surface area contributed by atoms with Gasteiger partial charge in [-0.25, -0.2) is 4.98 Å². The fraction of sp³-hybridized carbons (Fsp3) is 0.0667. The van der Waals surface area contributed by atoms with Crippen LogP contribution in [0.2, 0.25) is 0 Å². The van der Waals surface area contributed by atoms with Crippen molar-refractivity contribution in [1.82, 2.24) is 9.55 Å². The zero-order valence-electron chi connectivity index (χ0n) is 10.4. The van der Waals surface area contributed by atoms with Crippen molar-refractivity contribution in [1.29, 1.82) is 0 Å². The molecule has 0 bridgehead atoms. The van der Waals surface area contributed by atoms with Crippen molar-refractivity contribution in [2.45, 2.75) is 0 Å². The predicted molar refractivity (Wildman–Crippen MR) is 72.3 cm³/mol. The Morgan fingerprint density at radius 2 is 1.95 bits per heavy atom. The Labute approximate surface area is 109 Å². The van der Waals surface area contributed by atoms with E-state index in [0.29, 0.717) is 22.0 Å². The van der Waals surface area contributed by atoms with Crippen LogP contribution in [0.3, 0.4) is 0 Å². The number of aromatic hydroxyl groups is 1. The average Bonchev–Trinajstić information content (AvgIpc) is 2.78. The van der Waals surface area contributed by atoms with Gasteiger partial charge in [0.05, 0.1) is 0 Å². The van der Waals surface area contributed by atoms with Crippen molar-refractivity contribution >= 4 is 16.7 Å². The van der Waals surface area contributed by atoms with Gasteiger partial charge in [-0.3, -0.25) is 4.79 Å². The summed E-state index contributed by atoms with van der Waals surface area (Å²) in [4.78, 5) is 16.3. The second kappa shape index (κ2) is 4.24. The zero-order chi connectivity index (χ0) is 13.4. The van der Waals surface area contributed by atoms with Crippen LogP contribution < -0.4 is 0 Å². The number of pyridine rings is 1. The number of carbonyl (C=O) groups excluding carboxylic acids is 1. The molecule has 4 nitrogen and oxygen atoms in total. The molecule has 3 aromatic rings. The Morgan fingerprint density at radius 3 is 2.68 bits per heavy atom. The fourth-order valence-corrected chi connectivity index (χ4v) is 2.26. The van der Waals surface area contributed by atoms with E-state index < -0.39 is 0 Å². The summed E-state index contributed by atoms with van der Waals surface area (Å²) in [7, 11) is 1.78. The molecule has 0 saturated carbocycles. The molecule has 0 aliphatic rings. The lowest BCUT2D eigenvalue weighted by Crippen LogP contribution is -1.99. The van der Waals surface area contributed by atoms with Gasteiger partial charge >= 0.3 is 0 Å². The van der Waals surface area contributed by atoms with E-state index in [9.17, 15) is 9.90 Å². The van der Waals surface area contributed by atoms with Crippen molar-refractivity contribution < 1.29 is 9.90 Å². The minimum absolute atomic E-state index is 0.0585. The molecule has 0 atom stereocenters. The molecular weight excluding hydrogens is 240 g/mol. The summed E-state index contributed by atoms with van der Waals surface area (Å²) >= 11 is 0. The first-order valence-corrected chi connectivity index (χ1v) is 5.91. The van der Waals surface area contributed by atoms with Gasteiger partial charge in [-0.15, -0.1) is 0 Å². The third-order valence-electron chi connectivity index (χ3n) is 3.15. The van der Waals surface area contributed by atoms with E-state index >= 15 is 0 Å². The van der Waals surface area contributed by atoms with Crippen molar-refractivity contribution in [3.8, 4) is 5.88 Å². The molecule has 0 radical (unpaired) electrons. The monoisotopic (exact) mass is 252 g/mol. The summed E-state index contributed by atoms with van der Waals surface area (Å²) < 4.78 is 1.72. The lowest BCUT2D eigenvalue weighted by atomic mass is 10.0. The van der Waals surface area contributed by atoms with Crippen LogP contribution in [0.1, 0.15) is 15.9 Å². The molecule has 0 unspecified atom stereocenters. The largest absolute Gasteiger partial charge is 0.492 e. The highest BCUT2D eigenvalue weighted by Gasteiger charge is 2.17. The van der Waals surface area contributed by atoms with Crippen molar-refractivity contribution in [2.24, 2.45) is 7.05 Å². The molecule has 0 aliphatic carbocycles. The SMILES string of the molecule is Cn1cc(C(=O)c2ccccc2)c2ccnc(O)c21. The van der Waals surface area contributed by atoms with Gasteiger partial charge in [0, 0.05) is 36.0 Å². The quantitative estimate of drug-likeness (QED) is 0.713. The van der Waals surface area contributed by atoms with Gasteiger partial charge in [-0.2, -0.15) is 0 Å². The number of carbonyl (C=O) groups is 1. The van der Waals surface area contributed by atoms with Gasteiger partial charge in [-0.05, 0) is 6.07 Å². The third-order valence-corrected chi connectivity index (χ3v) is 3.15. The lowest BCUT2D eigenvalue weighted by molar-refractivity contribution is 0.104. The molecule has 94 valence electrons. The molecule has 1 N–H and O–H groups in total. The number of nitrogens with zero attached hydrogens (tertiary/aromatic N) is 2. The number of aryl methyl sites for hydroxylation is 1. The zero-order valence-corrected chi connectivity index (χ0v) is 10.4. The number of ketones is 1. The predicted octanol–water partition coefficient (Wildman–Crippen LogP) is 2.51. The summed E-state index contributed by atoms with van der Waals surface area (Å²) in [6.07, 6.45) is 3.22. The van der Waals surface area contributed by atoms with Crippen LogP contribution >= 0.6 is 0 Å². The maximum Gasteiger partial charge on any atom is 0.236 e. The lowest BCUT2D eigenvalue weighted by Gasteiger charge is -1.99. The van der Waals surface area contributed by atoms with Gasteiger partial charge in [-0.1, -0.05) is 30.3 Å². The molecule has 0 aliphatic heterocycles. The summed E-state index contributed by atoms with van der Waals surface area (Å²) in [6.45, 7) is 0. The minimum Gasteiger partial charge on any atom is -0.492 e. The first kappa shape index (κ1) is 11.5. The van der Waals surface area contributed by atoms with Gasteiger partial charge in [0.15, 0.2) is 5.78 Å². The van der Waals surface area contributed by atoms with Crippen molar-refractivity contribution in [3.63, 3.8) is 0 Å². The van der Waals surface area contributed by atoms with Gasteiger partial charge in [0.1, 0.15) is 5.52 Å². The molecule has 2 heterocycles. The van der Waals surface area contributed by atoms with E-state index in [1.807, 2.05) is 18.2 Å². The van der Waals surface area contributed by atoms with Gasteiger partial charge < -0.3 is 9.67 Å². The third kappa shape index (κ3) is 1.78. The van der Waals surface area contributed by atoms with E-state index in [4.69, 9.17) is 0 Å².